The molecule has 0 saturated carbocycles. The largest absolute Gasteiger partial charge is 0.336 e. The summed E-state index contributed by atoms with van der Waals surface area (Å²) in [6.07, 6.45) is 4.53. The van der Waals surface area contributed by atoms with E-state index in [4.69, 9.17) is 5.73 Å². The van der Waals surface area contributed by atoms with Crippen LogP contribution in [0.15, 0.2) is 12.5 Å². The van der Waals surface area contributed by atoms with Crippen LogP contribution in [0.5, 0.6) is 0 Å². The number of amides is 1. The van der Waals surface area contributed by atoms with Gasteiger partial charge in [-0.15, -0.1) is 0 Å². The molecule has 0 bridgehead atoms. The fourth-order valence-corrected chi connectivity index (χ4v) is 2.74. The van der Waals surface area contributed by atoms with Gasteiger partial charge in [0, 0.05) is 38.1 Å². The van der Waals surface area contributed by atoms with Crippen LogP contribution >= 0.6 is 11.8 Å². The van der Waals surface area contributed by atoms with Crippen LogP contribution in [0.1, 0.15) is 16.9 Å². The summed E-state index contributed by atoms with van der Waals surface area (Å²) in [5.74, 6) is 2.21. The zero-order valence-electron chi connectivity index (χ0n) is 9.84. The maximum atomic E-state index is 12.2. The lowest BCUT2D eigenvalue weighted by Gasteiger charge is -2.18. The van der Waals surface area contributed by atoms with Crippen molar-refractivity contribution in [2.75, 3.05) is 31.1 Å². The van der Waals surface area contributed by atoms with Crippen molar-refractivity contribution in [3.63, 3.8) is 0 Å². The minimum absolute atomic E-state index is 0.0447. The van der Waals surface area contributed by atoms with E-state index in [0.29, 0.717) is 18.8 Å². The van der Waals surface area contributed by atoms with E-state index in [9.17, 15) is 4.79 Å². The standard InChI is InChI=1S/C11H18N4OS/c12-2-4-14-8-10(13-9-14)11(16)15-3-1-6-17-7-5-15/h8-9H,1-7,12H2. The second-order valence-corrected chi connectivity index (χ2v) is 5.27. The molecule has 1 aromatic heterocycles. The normalized spacial score (nSPS) is 16.9. The summed E-state index contributed by atoms with van der Waals surface area (Å²) in [5.41, 5.74) is 6.00. The van der Waals surface area contributed by atoms with Gasteiger partial charge in [0.1, 0.15) is 5.69 Å². The minimum atomic E-state index is 0.0447. The molecule has 5 nitrogen and oxygen atoms in total. The molecule has 2 rings (SSSR count). The number of hydrogen-bond acceptors (Lipinski definition) is 4. The maximum absolute atomic E-state index is 12.2. The van der Waals surface area contributed by atoms with Crippen molar-refractivity contribution < 1.29 is 4.79 Å². The molecule has 1 saturated heterocycles. The lowest BCUT2D eigenvalue weighted by molar-refractivity contribution is 0.0763. The van der Waals surface area contributed by atoms with Gasteiger partial charge in [0.2, 0.25) is 0 Å². The maximum Gasteiger partial charge on any atom is 0.274 e. The molecule has 1 aliphatic rings. The van der Waals surface area contributed by atoms with Gasteiger partial charge in [0.25, 0.3) is 5.91 Å². The highest BCUT2D eigenvalue weighted by molar-refractivity contribution is 7.99. The van der Waals surface area contributed by atoms with Gasteiger partial charge in [0.15, 0.2) is 0 Å². The highest BCUT2D eigenvalue weighted by Crippen LogP contribution is 2.12. The topological polar surface area (TPSA) is 64.2 Å². The van der Waals surface area contributed by atoms with Gasteiger partial charge in [-0.05, 0) is 12.2 Å². The molecule has 0 atom stereocenters. The van der Waals surface area contributed by atoms with Crippen molar-refractivity contribution in [1.82, 2.24) is 14.5 Å². The van der Waals surface area contributed by atoms with Gasteiger partial charge in [0.05, 0.1) is 6.33 Å². The summed E-state index contributed by atoms with van der Waals surface area (Å²) in [6.45, 7) is 2.93. The second-order valence-electron chi connectivity index (χ2n) is 4.04. The number of rotatable bonds is 3. The summed E-state index contributed by atoms with van der Waals surface area (Å²) in [4.78, 5) is 18.2. The SMILES string of the molecule is NCCn1cnc(C(=O)N2CCCSCC2)c1. The van der Waals surface area contributed by atoms with Crippen molar-refractivity contribution in [2.45, 2.75) is 13.0 Å². The molecule has 6 heteroatoms. The van der Waals surface area contributed by atoms with Gasteiger partial charge >= 0.3 is 0 Å². The van der Waals surface area contributed by atoms with Gasteiger partial charge in [-0.25, -0.2) is 4.98 Å². The van der Waals surface area contributed by atoms with Gasteiger partial charge in [-0.2, -0.15) is 11.8 Å². The van der Waals surface area contributed by atoms with E-state index in [-0.39, 0.29) is 5.91 Å². The van der Waals surface area contributed by atoms with E-state index in [2.05, 4.69) is 4.98 Å². The number of aromatic nitrogens is 2. The van der Waals surface area contributed by atoms with E-state index in [0.717, 1.165) is 31.0 Å². The molecular weight excluding hydrogens is 236 g/mol. The molecule has 0 spiro atoms. The van der Waals surface area contributed by atoms with Crippen LogP contribution in [0.4, 0.5) is 0 Å². The molecule has 94 valence electrons. The Morgan fingerprint density at radius 3 is 3.18 bits per heavy atom. The van der Waals surface area contributed by atoms with Crippen molar-refractivity contribution in [1.29, 1.82) is 0 Å². The van der Waals surface area contributed by atoms with Gasteiger partial charge in [-0.1, -0.05) is 0 Å². The molecule has 1 aromatic rings. The average Bonchev–Trinajstić information content (AvgIpc) is 2.64. The molecule has 0 radical (unpaired) electrons. The monoisotopic (exact) mass is 254 g/mol. The number of nitrogens with zero attached hydrogens (tertiary/aromatic N) is 3. The smallest absolute Gasteiger partial charge is 0.274 e. The third kappa shape index (κ3) is 3.23. The molecule has 0 unspecified atom stereocenters. The van der Waals surface area contributed by atoms with Crippen LogP contribution in [-0.4, -0.2) is 51.5 Å². The summed E-state index contributed by atoms with van der Waals surface area (Å²) in [5, 5.41) is 0. The molecule has 17 heavy (non-hydrogen) atoms. The van der Waals surface area contributed by atoms with Crippen LogP contribution in [-0.2, 0) is 6.54 Å². The number of nitrogens with two attached hydrogens (primary N) is 1. The number of carbonyl (C=O) groups excluding carboxylic acids is 1. The number of thioether (sulfide) groups is 1. The second kappa shape index (κ2) is 6.07. The first-order valence-corrected chi connectivity index (χ1v) is 7.05. The zero-order chi connectivity index (χ0) is 12.1. The fraction of sp³-hybridized carbons (Fsp3) is 0.636. The van der Waals surface area contributed by atoms with Gasteiger partial charge < -0.3 is 15.2 Å². The predicted octanol–water partition coefficient (Wildman–Crippen LogP) is 0.421. The number of imidazole rings is 1. The first kappa shape index (κ1) is 12.4. The predicted molar refractivity (Wildman–Crippen MR) is 69.1 cm³/mol. The molecule has 1 aliphatic heterocycles. The Kier molecular flexibility index (Phi) is 4.44. The van der Waals surface area contributed by atoms with E-state index in [1.54, 1.807) is 12.5 Å². The molecule has 2 heterocycles. The summed E-state index contributed by atoms with van der Waals surface area (Å²) in [7, 11) is 0. The first-order valence-electron chi connectivity index (χ1n) is 5.90. The van der Waals surface area contributed by atoms with E-state index in [1.807, 2.05) is 21.2 Å². The Morgan fingerprint density at radius 1 is 1.47 bits per heavy atom. The lowest BCUT2D eigenvalue weighted by Crippen LogP contribution is -2.33. The molecule has 2 N–H and O–H groups in total. The number of carbonyl (C=O) groups is 1. The highest BCUT2D eigenvalue weighted by Gasteiger charge is 2.19. The molecule has 0 aliphatic carbocycles. The van der Waals surface area contributed by atoms with Crippen LogP contribution in [0.2, 0.25) is 0 Å². The Morgan fingerprint density at radius 2 is 2.35 bits per heavy atom. The van der Waals surface area contributed by atoms with Crippen LogP contribution in [0, 0.1) is 0 Å². The third-order valence-electron chi connectivity index (χ3n) is 2.75. The zero-order valence-corrected chi connectivity index (χ0v) is 10.7. The Bertz CT molecular complexity index is 371. The Hall–Kier alpha value is -1.01. The summed E-state index contributed by atoms with van der Waals surface area (Å²) >= 11 is 1.91. The molecule has 0 aromatic carbocycles. The van der Waals surface area contributed by atoms with Crippen molar-refractivity contribution in [3.8, 4) is 0 Å². The average molecular weight is 254 g/mol. The summed E-state index contributed by atoms with van der Waals surface area (Å²) in [6, 6.07) is 0. The van der Waals surface area contributed by atoms with Crippen molar-refractivity contribution in [3.05, 3.63) is 18.2 Å². The quantitative estimate of drug-likeness (QED) is 0.849. The van der Waals surface area contributed by atoms with Crippen molar-refractivity contribution in [2.24, 2.45) is 5.73 Å². The fourth-order valence-electron chi connectivity index (χ4n) is 1.85. The minimum Gasteiger partial charge on any atom is -0.336 e. The Labute approximate surface area is 105 Å². The lowest BCUT2D eigenvalue weighted by atomic mass is 10.3. The Balaban J connectivity index is 2.01. The van der Waals surface area contributed by atoms with Crippen molar-refractivity contribution >= 4 is 17.7 Å². The molecular formula is C11H18N4OS. The summed E-state index contributed by atoms with van der Waals surface area (Å²) < 4.78 is 1.86. The van der Waals surface area contributed by atoms with E-state index < -0.39 is 0 Å². The number of hydrogen-bond donors (Lipinski definition) is 1. The van der Waals surface area contributed by atoms with Crippen LogP contribution < -0.4 is 5.73 Å². The highest BCUT2D eigenvalue weighted by atomic mass is 32.2. The third-order valence-corrected chi connectivity index (χ3v) is 3.80. The van der Waals surface area contributed by atoms with Crippen LogP contribution in [0.25, 0.3) is 0 Å². The van der Waals surface area contributed by atoms with Gasteiger partial charge in [-0.3, -0.25) is 4.79 Å². The van der Waals surface area contributed by atoms with E-state index in [1.165, 1.54) is 0 Å². The molecule has 1 amide bonds. The molecule has 1 fully saturated rings. The van der Waals surface area contributed by atoms with E-state index >= 15 is 0 Å². The van der Waals surface area contributed by atoms with Crippen LogP contribution in [0.3, 0.4) is 0 Å². The first-order chi connectivity index (χ1) is 8.31.